The lowest BCUT2D eigenvalue weighted by molar-refractivity contribution is 0.249. The predicted molar refractivity (Wildman–Crippen MR) is 136 cm³/mol. The average molecular weight is 414 g/mol. The van der Waals surface area contributed by atoms with E-state index in [9.17, 15) is 0 Å². The smallest absolute Gasteiger partial charge is 0.0240 e. The monoisotopic (exact) mass is 413 g/mol. The van der Waals surface area contributed by atoms with Gasteiger partial charge in [-0.3, -0.25) is 4.90 Å². The van der Waals surface area contributed by atoms with Crippen molar-refractivity contribution in [2.45, 2.75) is 19.4 Å². The number of nitrogens with zero attached hydrogens (tertiary/aromatic N) is 1. The molecule has 4 aromatic carbocycles. The van der Waals surface area contributed by atoms with E-state index in [1.807, 2.05) is 0 Å². The molecule has 1 nitrogen and oxygen atoms in total. The van der Waals surface area contributed by atoms with E-state index in [1.165, 1.54) is 44.2 Å². The molecule has 4 aromatic rings. The predicted octanol–water partition coefficient (Wildman–Crippen LogP) is 7.42. The summed E-state index contributed by atoms with van der Waals surface area (Å²) in [5.41, 5.74) is 9.91. The van der Waals surface area contributed by atoms with Crippen LogP contribution in [-0.4, -0.2) is 18.0 Å². The van der Waals surface area contributed by atoms with Gasteiger partial charge in [0.25, 0.3) is 0 Å². The molecule has 0 atom stereocenters. The first-order valence-electron chi connectivity index (χ1n) is 11.6. The van der Waals surface area contributed by atoms with Crippen LogP contribution in [0.4, 0.5) is 0 Å². The zero-order chi connectivity index (χ0) is 21.3. The topological polar surface area (TPSA) is 3.24 Å². The second-order valence-corrected chi connectivity index (χ2v) is 8.90. The van der Waals surface area contributed by atoms with Crippen LogP contribution in [0, 0.1) is 0 Å². The Labute approximate surface area is 190 Å². The highest BCUT2D eigenvalue weighted by Crippen LogP contribution is 2.38. The number of hydrogen-bond acceptors (Lipinski definition) is 1. The van der Waals surface area contributed by atoms with E-state index in [4.69, 9.17) is 0 Å². The molecule has 0 spiro atoms. The Morgan fingerprint density at radius 2 is 1.19 bits per heavy atom. The van der Waals surface area contributed by atoms with Gasteiger partial charge in [-0.15, -0.1) is 0 Å². The standard InChI is InChI=1S/C31H27N/c1-4-13-28-23(8-1)11-7-12-27(28)22-32-20-18-26(19-21-32)31-29-14-5-2-9-24(29)16-17-25-10-3-6-15-30(25)31/h1-17H,18-22H2. The zero-order valence-corrected chi connectivity index (χ0v) is 18.3. The summed E-state index contributed by atoms with van der Waals surface area (Å²) in [4.78, 5) is 2.62. The molecule has 1 saturated heterocycles. The Morgan fingerprint density at radius 1 is 0.594 bits per heavy atom. The molecule has 0 saturated carbocycles. The summed E-state index contributed by atoms with van der Waals surface area (Å²) in [7, 11) is 0. The Kier molecular flexibility index (Phi) is 4.97. The second-order valence-electron chi connectivity index (χ2n) is 8.90. The lowest BCUT2D eigenvalue weighted by atomic mass is 9.86. The molecule has 0 N–H and O–H groups in total. The van der Waals surface area contributed by atoms with Crippen molar-refractivity contribution in [1.29, 1.82) is 0 Å². The molecule has 0 aromatic heterocycles. The first-order valence-corrected chi connectivity index (χ1v) is 11.6. The van der Waals surface area contributed by atoms with Crippen LogP contribution in [-0.2, 0) is 6.54 Å². The molecule has 0 radical (unpaired) electrons. The van der Waals surface area contributed by atoms with Crippen molar-refractivity contribution in [2.75, 3.05) is 13.1 Å². The normalized spacial score (nSPS) is 16.0. The van der Waals surface area contributed by atoms with Gasteiger partial charge in [-0.1, -0.05) is 109 Å². The third-order valence-electron chi connectivity index (χ3n) is 6.99. The van der Waals surface area contributed by atoms with Crippen LogP contribution in [0.2, 0.25) is 0 Å². The first kappa shape index (κ1) is 19.3. The SMILES string of the molecule is C1=Cc2ccccc2C(=C2CCN(Cc3cccc4ccccc34)CC2)c2ccccc21. The first-order chi connectivity index (χ1) is 15.9. The van der Waals surface area contributed by atoms with Crippen molar-refractivity contribution in [1.82, 2.24) is 4.90 Å². The van der Waals surface area contributed by atoms with Gasteiger partial charge in [-0.2, -0.15) is 0 Å². The summed E-state index contributed by atoms with van der Waals surface area (Å²) in [5, 5.41) is 2.72. The van der Waals surface area contributed by atoms with Gasteiger partial charge in [0, 0.05) is 19.6 Å². The lowest BCUT2D eigenvalue weighted by Crippen LogP contribution is -2.30. The molecular formula is C31H27N. The zero-order valence-electron chi connectivity index (χ0n) is 18.3. The Balaban J connectivity index is 1.32. The summed E-state index contributed by atoms with van der Waals surface area (Å²) in [6.07, 6.45) is 6.81. The minimum absolute atomic E-state index is 1.03. The Morgan fingerprint density at radius 3 is 1.91 bits per heavy atom. The summed E-state index contributed by atoms with van der Waals surface area (Å²) in [6, 6.07) is 33.2. The maximum atomic E-state index is 2.62. The minimum Gasteiger partial charge on any atom is -0.298 e. The van der Waals surface area contributed by atoms with E-state index >= 15 is 0 Å². The van der Waals surface area contributed by atoms with Gasteiger partial charge in [-0.25, -0.2) is 0 Å². The molecule has 1 heteroatoms. The van der Waals surface area contributed by atoms with Crippen LogP contribution in [0.1, 0.15) is 40.7 Å². The number of piperidine rings is 1. The number of fused-ring (bicyclic) bond motifs is 3. The second kappa shape index (κ2) is 8.26. The maximum absolute atomic E-state index is 2.62. The van der Waals surface area contributed by atoms with E-state index in [1.54, 1.807) is 5.57 Å². The number of likely N-dealkylation sites (tertiary alicyclic amines) is 1. The van der Waals surface area contributed by atoms with E-state index < -0.39 is 0 Å². The summed E-state index contributed by atoms with van der Waals surface area (Å²) >= 11 is 0. The number of hydrogen-bond donors (Lipinski definition) is 0. The van der Waals surface area contributed by atoms with Gasteiger partial charge < -0.3 is 0 Å². The van der Waals surface area contributed by atoms with Crippen molar-refractivity contribution in [3.63, 3.8) is 0 Å². The molecule has 156 valence electrons. The lowest BCUT2D eigenvalue weighted by Gasteiger charge is -2.31. The van der Waals surface area contributed by atoms with Crippen LogP contribution < -0.4 is 0 Å². The van der Waals surface area contributed by atoms with Crippen molar-refractivity contribution < 1.29 is 0 Å². The van der Waals surface area contributed by atoms with Crippen molar-refractivity contribution in [3.05, 3.63) is 124 Å². The molecule has 1 fully saturated rings. The maximum Gasteiger partial charge on any atom is 0.0240 e. The average Bonchev–Trinajstić information content (AvgIpc) is 3.02. The molecule has 1 aliphatic heterocycles. The molecule has 0 bridgehead atoms. The molecule has 0 unspecified atom stereocenters. The third-order valence-corrected chi connectivity index (χ3v) is 6.99. The van der Waals surface area contributed by atoms with Gasteiger partial charge in [0.2, 0.25) is 0 Å². The van der Waals surface area contributed by atoms with Crippen molar-refractivity contribution in [3.8, 4) is 0 Å². The molecule has 2 aliphatic rings. The van der Waals surface area contributed by atoms with Crippen molar-refractivity contribution in [2.24, 2.45) is 0 Å². The fourth-order valence-corrected chi connectivity index (χ4v) is 5.35. The summed E-state index contributed by atoms with van der Waals surface area (Å²) < 4.78 is 0. The van der Waals surface area contributed by atoms with Gasteiger partial charge in [0.05, 0.1) is 0 Å². The van der Waals surface area contributed by atoms with Gasteiger partial charge in [0.15, 0.2) is 0 Å². The Bertz CT molecular complexity index is 1290. The van der Waals surface area contributed by atoms with Crippen LogP contribution in [0.3, 0.4) is 0 Å². The van der Waals surface area contributed by atoms with Crippen molar-refractivity contribution >= 4 is 28.5 Å². The molecule has 1 aliphatic carbocycles. The highest BCUT2D eigenvalue weighted by atomic mass is 15.1. The van der Waals surface area contributed by atoms with Crippen LogP contribution in [0.15, 0.2) is 96.6 Å². The largest absolute Gasteiger partial charge is 0.298 e. The molecule has 0 amide bonds. The highest BCUT2D eigenvalue weighted by Gasteiger charge is 2.22. The third kappa shape index (κ3) is 3.49. The highest BCUT2D eigenvalue weighted by molar-refractivity contribution is 5.95. The fourth-order valence-electron chi connectivity index (χ4n) is 5.35. The van der Waals surface area contributed by atoms with Gasteiger partial charge >= 0.3 is 0 Å². The molecule has 1 heterocycles. The number of benzene rings is 4. The summed E-state index contributed by atoms with van der Waals surface area (Å²) in [6.45, 7) is 3.25. The minimum atomic E-state index is 1.03. The molecule has 6 rings (SSSR count). The van der Waals surface area contributed by atoms with E-state index in [-0.39, 0.29) is 0 Å². The van der Waals surface area contributed by atoms with Gasteiger partial charge in [0.1, 0.15) is 0 Å². The Hall–Kier alpha value is -3.42. The van der Waals surface area contributed by atoms with E-state index in [0.29, 0.717) is 0 Å². The van der Waals surface area contributed by atoms with Crippen LogP contribution in [0.5, 0.6) is 0 Å². The van der Waals surface area contributed by atoms with Gasteiger partial charge in [-0.05, 0) is 57.0 Å². The van der Waals surface area contributed by atoms with E-state index in [2.05, 4.69) is 108 Å². The summed E-state index contributed by atoms with van der Waals surface area (Å²) in [5.74, 6) is 0. The van der Waals surface area contributed by atoms with Crippen LogP contribution >= 0.6 is 0 Å². The number of rotatable bonds is 2. The molecular weight excluding hydrogens is 386 g/mol. The quantitative estimate of drug-likeness (QED) is 0.291. The van der Waals surface area contributed by atoms with Crippen LogP contribution in [0.25, 0.3) is 28.5 Å². The fraction of sp³-hybridized carbons (Fsp3) is 0.161. The molecule has 32 heavy (non-hydrogen) atoms. The van der Waals surface area contributed by atoms with E-state index in [0.717, 1.165) is 32.5 Å².